The van der Waals surface area contributed by atoms with Crippen LogP contribution in [0.2, 0.25) is 0 Å². The van der Waals surface area contributed by atoms with E-state index in [1.165, 1.54) is 128 Å². The van der Waals surface area contributed by atoms with Crippen molar-refractivity contribution in [2.75, 3.05) is 13.2 Å². The molecular formula is C57H100O6. The van der Waals surface area contributed by atoms with E-state index in [1.54, 1.807) is 0 Å². The highest BCUT2D eigenvalue weighted by Gasteiger charge is 2.19. The van der Waals surface area contributed by atoms with Crippen LogP contribution in [0.4, 0.5) is 0 Å². The maximum absolute atomic E-state index is 12.8. The van der Waals surface area contributed by atoms with E-state index < -0.39 is 6.10 Å². The molecule has 364 valence electrons. The van der Waals surface area contributed by atoms with Gasteiger partial charge >= 0.3 is 17.9 Å². The molecule has 0 spiro atoms. The van der Waals surface area contributed by atoms with Gasteiger partial charge in [-0.05, 0) is 103 Å². The van der Waals surface area contributed by atoms with E-state index >= 15 is 0 Å². The summed E-state index contributed by atoms with van der Waals surface area (Å²) >= 11 is 0. The average molecular weight is 881 g/mol. The lowest BCUT2D eigenvalue weighted by molar-refractivity contribution is -0.167. The Hall–Kier alpha value is -2.89. The Kier molecular flexibility index (Phi) is 49.4. The van der Waals surface area contributed by atoms with Gasteiger partial charge in [-0.3, -0.25) is 14.4 Å². The van der Waals surface area contributed by atoms with Gasteiger partial charge in [0.25, 0.3) is 0 Å². The van der Waals surface area contributed by atoms with Crippen molar-refractivity contribution in [3.05, 3.63) is 60.8 Å². The Labute approximate surface area is 390 Å². The Bertz CT molecular complexity index is 1150. The number of rotatable bonds is 48. The van der Waals surface area contributed by atoms with Crippen molar-refractivity contribution in [2.45, 2.75) is 271 Å². The van der Waals surface area contributed by atoms with Gasteiger partial charge in [-0.15, -0.1) is 0 Å². The van der Waals surface area contributed by atoms with Crippen LogP contribution in [-0.2, 0) is 28.6 Å². The molecule has 0 rings (SSSR count). The number of hydrogen-bond acceptors (Lipinski definition) is 6. The number of carbonyl (C=O) groups is 3. The van der Waals surface area contributed by atoms with Crippen molar-refractivity contribution in [3.8, 4) is 0 Å². The molecule has 0 aromatic heterocycles. The molecule has 1 atom stereocenters. The van der Waals surface area contributed by atoms with E-state index in [9.17, 15) is 14.4 Å². The first-order chi connectivity index (χ1) is 31.0. The monoisotopic (exact) mass is 881 g/mol. The quantitative estimate of drug-likeness (QED) is 0.0262. The second-order valence-corrected chi connectivity index (χ2v) is 17.7. The zero-order valence-electron chi connectivity index (χ0n) is 41.6. The second kappa shape index (κ2) is 51.7. The molecule has 6 nitrogen and oxygen atoms in total. The van der Waals surface area contributed by atoms with Crippen molar-refractivity contribution in [1.29, 1.82) is 0 Å². The molecule has 6 heteroatoms. The van der Waals surface area contributed by atoms with Gasteiger partial charge in [-0.25, -0.2) is 0 Å². The Morgan fingerprint density at radius 3 is 1.00 bits per heavy atom. The lowest BCUT2D eigenvalue weighted by Gasteiger charge is -2.18. The molecule has 0 aromatic rings. The minimum Gasteiger partial charge on any atom is -0.462 e. The first-order valence-electron chi connectivity index (χ1n) is 26.8. The van der Waals surface area contributed by atoms with E-state index in [1.807, 2.05) is 0 Å². The molecule has 0 bridgehead atoms. The number of ether oxygens (including phenoxy) is 3. The minimum absolute atomic E-state index is 0.0887. The standard InChI is InChI=1S/C57H100O6/c1-4-7-10-13-16-19-22-25-27-28-30-32-35-38-41-44-47-50-56(59)62-53-54(52-61-55(58)49-46-43-40-37-34-31-24-21-18-15-12-9-6-3)63-57(60)51-48-45-42-39-36-33-29-26-23-20-17-14-11-8-5-2/h9,12,18,21,25-27,29,31,34,54H,4-8,10-11,13-17,19-20,22-24,28,30,32-33,35-53H2,1-3H3/b12-9-,21-18-,27-25-,29-26-,34-31-. The molecule has 0 aliphatic heterocycles. The average Bonchev–Trinajstić information content (AvgIpc) is 3.28. The summed E-state index contributed by atoms with van der Waals surface area (Å²) in [6.45, 7) is 6.49. The Morgan fingerprint density at radius 2 is 0.619 bits per heavy atom. The maximum atomic E-state index is 12.8. The SMILES string of the molecule is CC/C=C\C/C=C\C/C=C\CCCCCC(=O)OCC(COC(=O)CCCCCCCCC/C=C\CCCCCCCC)OC(=O)CCCCCCC/C=C\CCCCCCCC. The van der Waals surface area contributed by atoms with Crippen molar-refractivity contribution >= 4 is 17.9 Å². The lowest BCUT2D eigenvalue weighted by atomic mass is 10.1. The fourth-order valence-electron chi connectivity index (χ4n) is 7.45. The summed E-state index contributed by atoms with van der Waals surface area (Å²) in [7, 11) is 0. The van der Waals surface area contributed by atoms with Gasteiger partial charge in [-0.1, -0.05) is 204 Å². The smallest absolute Gasteiger partial charge is 0.306 e. The summed E-state index contributed by atoms with van der Waals surface area (Å²) in [6, 6.07) is 0. The van der Waals surface area contributed by atoms with Crippen LogP contribution in [0.5, 0.6) is 0 Å². The number of unbranched alkanes of at least 4 members (excludes halogenated alkanes) is 27. The lowest BCUT2D eigenvalue weighted by Crippen LogP contribution is -2.30. The highest BCUT2D eigenvalue weighted by Crippen LogP contribution is 2.14. The van der Waals surface area contributed by atoms with E-state index in [0.29, 0.717) is 19.3 Å². The zero-order chi connectivity index (χ0) is 45.8. The molecule has 1 unspecified atom stereocenters. The number of hydrogen-bond donors (Lipinski definition) is 0. The summed E-state index contributed by atoms with van der Waals surface area (Å²) < 4.78 is 16.8. The van der Waals surface area contributed by atoms with Gasteiger partial charge in [0, 0.05) is 19.3 Å². The van der Waals surface area contributed by atoms with Gasteiger partial charge in [0.15, 0.2) is 6.10 Å². The summed E-state index contributed by atoms with van der Waals surface area (Å²) in [4.78, 5) is 38.0. The largest absolute Gasteiger partial charge is 0.462 e. The molecule has 0 heterocycles. The number of esters is 3. The molecule has 0 aromatic carbocycles. The Morgan fingerprint density at radius 1 is 0.333 bits per heavy atom. The van der Waals surface area contributed by atoms with Crippen molar-refractivity contribution < 1.29 is 28.6 Å². The Balaban J connectivity index is 4.41. The predicted molar refractivity (Wildman–Crippen MR) is 270 cm³/mol. The van der Waals surface area contributed by atoms with Crippen LogP contribution >= 0.6 is 0 Å². The first-order valence-corrected chi connectivity index (χ1v) is 26.8. The molecule has 0 aliphatic carbocycles. The fraction of sp³-hybridized carbons (Fsp3) is 0.772. The predicted octanol–water partition coefficient (Wildman–Crippen LogP) is 17.6. The van der Waals surface area contributed by atoms with Crippen LogP contribution in [0.3, 0.4) is 0 Å². The molecule has 0 saturated heterocycles. The van der Waals surface area contributed by atoms with E-state index in [-0.39, 0.29) is 31.1 Å². The van der Waals surface area contributed by atoms with Gasteiger partial charge in [0.05, 0.1) is 0 Å². The van der Waals surface area contributed by atoms with E-state index in [2.05, 4.69) is 81.5 Å². The van der Waals surface area contributed by atoms with Gasteiger partial charge in [0.2, 0.25) is 0 Å². The van der Waals surface area contributed by atoms with Crippen LogP contribution in [0.1, 0.15) is 265 Å². The summed E-state index contributed by atoms with van der Waals surface area (Å²) in [5, 5.41) is 0. The van der Waals surface area contributed by atoms with Crippen molar-refractivity contribution in [3.63, 3.8) is 0 Å². The molecule has 0 saturated carbocycles. The molecule has 63 heavy (non-hydrogen) atoms. The summed E-state index contributed by atoms with van der Waals surface area (Å²) in [5.41, 5.74) is 0. The zero-order valence-corrected chi connectivity index (χ0v) is 41.6. The molecular weight excluding hydrogens is 781 g/mol. The van der Waals surface area contributed by atoms with Crippen molar-refractivity contribution in [2.24, 2.45) is 0 Å². The summed E-state index contributed by atoms with van der Waals surface area (Å²) in [6.07, 6.45) is 63.5. The van der Waals surface area contributed by atoms with Crippen LogP contribution < -0.4 is 0 Å². The van der Waals surface area contributed by atoms with Crippen LogP contribution in [0.15, 0.2) is 60.8 Å². The van der Waals surface area contributed by atoms with E-state index in [0.717, 1.165) is 96.3 Å². The first kappa shape index (κ1) is 60.1. The summed E-state index contributed by atoms with van der Waals surface area (Å²) in [5.74, 6) is -0.926. The maximum Gasteiger partial charge on any atom is 0.306 e. The second-order valence-electron chi connectivity index (χ2n) is 17.7. The van der Waals surface area contributed by atoms with Crippen molar-refractivity contribution in [1.82, 2.24) is 0 Å². The van der Waals surface area contributed by atoms with Crippen LogP contribution in [0.25, 0.3) is 0 Å². The highest BCUT2D eigenvalue weighted by atomic mass is 16.6. The number of carbonyl (C=O) groups excluding carboxylic acids is 3. The topological polar surface area (TPSA) is 78.9 Å². The molecule has 0 aliphatic rings. The minimum atomic E-state index is -0.791. The highest BCUT2D eigenvalue weighted by molar-refractivity contribution is 5.71. The van der Waals surface area contributed by atoms with Gasteiger partial charge in [0.1, 0.15) is 13.2 Å². The van der Waals surface area contributed by atoms with Crippen LogP contribution in [-0.4, -0.2) is 37.2 Å². The van der Waals surface area contributed by atoms with E-state index in [4.69, 9.17) is 14.2 Å². The third-order valence-electron chi connectivity index (χ3n) is 11.5. The van der Waals surface area contributed by atoms with Gasteiger partial charge in [-0.2, -0.15) is 0 Å². The van der Waals surface area contributed by atoms with Gasteiger partial charge < -0.3 is 14.2 Å². The molecule has 0 radical (unpaired) electrons. The fourth-order valence-corrected chi connectivity index (χ4v) is 7.45. The molecule has 0 amide bonds. The normalized spacial score (nSPS) is 12.5. The third-order valence-corrected chi connectivity index (χ3v) is 11.5. The molecule has 0 fully saturated rings. The number of allylic oxidation sites excluding steroid dienone is 10. The van der Waals surface area contributed by atoms with Crippen LogP contribution in [0, 0.1) is 0 Å². The molecule has 0 N–H and O–H groups in total. The third kappa shape index (κ3) is 50.0.